The summed E-state index contributed by atoms with van der Waals surface area (Å²) < 4.78 is 5.80. The van der Waals surface area contributed by atoms with Crippen molar-refractivity contribution in [1.82, 2.24) is 5.32 Å². The number of likely N-dealkylation sites (N-methyl/N-ethyl adjacent to an activating group) is 1. The molecule has 0 saturated carbocycles. The zero-order valence-electron chi connectivity index (χ0n) is 9.88. The summed E-state index contributed by atoms with van der Waals surface area (Å²) in [6.45, 7) is 13.0. The molecule has 1 N–H and O–H groups in total. The van der Waals surface area contributed by atoms with Gasteiger partial charge in [0.05, 0.1) is 6.10 Å². The number of hydrogen-bond donors (Lipinski definition) is 1. The lowest BCUT2D eigenvalue weighted by atomic mass is 10.1. The van der Waals surface area contributed by atoms with Crippen molar-refractivity contribution >= 4 is 0 Å². The molecule has 2 heteroatoms. The second-order valence-corrected chi connectivity index (χ2v) is 3.89. The van der Waals surface area contributed by atoms with Crippen molar-refractivity contribution in [3.63, 3.8) is 0 Å². The Morgan fingerprint density at radius 2 is 2.14 bits per heavy atom. The van der Waals surface area contributed by atoms with Crippen LogP contribution in [0.4, 0.5) is 0 Å². The van der Waals surface area contributed by atoms with Crippen LogP contribution in [-0.2, 0) is 4.74 Å². The fourth-order valence-corrected chi connectivity index (χ4v) is 1.24. The minimum absolute atomic E-state index is 0.347. The maximum Gasteiger partial charge on any atom is 0.0722 e. The predicted octanol–water partition coefficient (Wildman–Crippen LogP) is 2.60. The van der Waals surface area contributed by atoms with Gasteiger partial charge in [0.2, 0.25) is 0 Å². The largest absolute Gasteiger partial charge is 0.377 e. The topological polar surface area (TPSA) is 21.3 Å². The summed E-state index contributed by atoms with van der Waals surface area (Å²) in [7, 11) is 0. The van der Waals surface area contributed by atoms with Crippen LogP contribution >= 0.6 is 0 Å². The lowest BCUT2D eigenvalue weighted by Crippen LogP contribution is -2.33. The summed E-state index contributed by atoms with van der Waals surface area (Å²) in [5, 5.41) is 3.33. The summed E-state index contributed by atoms with van der Waals surface area (Å²) in [4.78, 5) is 0. The van der Waals surface area contributed by atoms with E-state index in [1.165, 1.54) is 0 Å². The molecular formula is C12H25NO. The Morgan fingerprint density at radius 1 is 1.43 bits per heavy atom. The zero-order chi connectivity index (χ0) is 10.8. The van der Waals surface area contributed by atoms with Gasteiger partial charge in [-0.25, -0.2) is 0 Å². The molecule has 0 aromatic carbocycles. The van der Waals surface area contributed by atoms with E-state index in [0.29, 0.717) is 12.0 Å². The van der Waals surface area contributed by atoms with Gasteiger partial charge in [0.25, 0.3) is 0 Å². The van der Waals surface area contributed by atoms with Crippen molar-refractivity contribution in [3.8, 4) is 0 Å². The molecule has 0 rings (SSSR count). The summed E-state index contributed by atoms with van der Waals surface area (Å²) in [6.07, 6.45) is 4.42. The number of hydrogen-bond acceptors (Lipinski definition) is 2. The van der Waals surface area contributed by atoms with Crippen LogP contribution in [0.25, 0.3) is 0 Å². The van der Waals surface area contributed by atoms with E-state index in [1.54, 1.807) is 0 Å². The number of rotatable bonds is 9. The van der Waals surface area contributed by atoms with Gasteiger partial charge in [-0.15, -0.1) is 6.58 Å². The van der Waals surface area contributed by atoms with Crippen LogP contribution < -0.4 is 5.32 Å². The Balaban J connectivity index is 3.56. The van der Waals surface area contributed by atoms with E-state index in [9.17, 15) is 0 Å². The third-order valence-corrected chi connectivity index (χ3v) is 2.22. The fraction of sp³-hybridized carbons (Fsp3) is 0.833. The standard InChI is InChI=1S/C12H25NO/c1-5-7-8-9-14-12(11(3)4)10-13-6-2/h5,11-13H,1,6-10H2,2-4H3. The van der Waals surface area contributed by atoms with Crippen LogP contribution in [0.1, 0.15) is 33.6 Å². The summed E-state index contributed by atoms with van der Waals surface area (Å²) in [5.74, 6) is 0.581. The van der Waals surface area contributed by atoms with Gasteiger partial charge in [0.15, 0.2) is 0 Å². The Morgan fingerprint density at radius 3 is 2.64 bits per heavy atom. The molecule has 1 unspecified atom stereocenters. The maximum atomic E-state index is 5.80. The van der Waals surface area contributed by atoms with Gasteiger partial charge < -0.3 is 10.1 Å². The Kier molecular flexibility index (Phi) is 9.00. The van der Waals surface area contributed by atoms with Crippen LogP contribution in [0.2, 0.25) is 0 Å². The molecule has 0 saturated heterocycles. The Bertz CT molecular complexity index is 134. The second-order valence-electron chi connectivity index (χ2n) is 3.89. The highest BCUT2D eigenvalue weighted by Gasteiger charge is 2.12. The molecule has 0 spiro atoms. The first kappa shape index (κ1) is 13.7. The molecule has 0 aliphatic rings. The van der Waals surface area contributed by atoms with Crippen molar-refractivity contribution in [2.45, 2.75) is 39.7 Å². The third kappa shape index (κ3) is 7.10. The van der Waals surface area contributed by atoms with E-state index in [4.69, 9.17) is 4.74 Å². The van der Waals surface area contributed by atoms with E-state index >= 15 is 0 Å². The van der Waals surface area contributed by atoms with E-state index in [2.05, 4.69) is 32.7 Å². The molecular weight excluding hydrogens is 174 g/mol. The first-order valence-corrected chi connectivity index (χ1v) is 5.65. The van der Waals surface area contributed by atoms with E-state index in [0.717, 1.165) is 32.5 Å². The minimum Gasteiger partial charge on any atom is -0.377 e. The predicted molar refractivity (Wildman–Crippen MR) is 62.6 cm³/mol. The highest BCUT2D eigenvalue weighted by Crippen LogP contribution is 2.06. The van der Waals surface area contributed by atoms with Gasteiger partial charge in [-0.3, -0.25) is 0 Å². The summed E-state index contributed by atoms with van der Waals surface area (Å²) in [5.41, 5.74) is 0. The molecule has 2 nitrogen and oxygen atoms in total. The summed E-state index contributed by atoms with van der Waals surface area (Å²) in [6, 6.07) is 0. The van der Waals surface area contributed by atoms with Crippen LogP contribution in [0.5, 0.6) is 0 Å². The molecule has 0 aromatic rings. The minimum atomic E-state index is 0.347. The third-order valence-electron chi connectivity index (χ3n) is 2.22. The Hall–Kier alpha value is -0.340. The van der Waals surface area contributed by atoms with E-state index < -0.39 is 0 Å². The average molecular weight is 199 g/mol. The van der Waals surface area contributed by atoms with Crippen molar-refractivity contribution < 1.29 is 4.74 Å². The zero-order valence-corrected chi connectivity index (χ0v) is 9.88. The molecule has 14 heavy (non-hydrogen) atoms. The van der Waals surface area contributed by atoms with Crippen LogP contribution in [0, 0.1) is 5.92 Å². The van der Waals surface area contributed by atoms with Gasteiger partial charge in [0.1, 0.15) is 0 Å². The quantitative estimate of drug-likeness (QED) is 0.455. The van der Waals surface area contributed by atoms with E-state index in [1.807, 2.05) is 6.08 Å². The number of nitrogens with one attached hydrogen (secondary N) is 1. The first-order chi connectivity index (χ1) is 6.72. The summed E-state index contributed by atoms with van der Waals surface area (Å²) >= 11 is 0. The van der Waals surface area contributed by atoms with Gasteiger partial charge in [0, 0.05) is 13.2 Å². The van der Waals surface area contributed by atoms with Crippen molar-refractivity contribution in [2.24, 2.45) is 5.92 Å². The maximum absolute atomic E-state index is 5.80. The molecule has 0 aromatic heterocycles. The van der Waals surface area contributed by atoms with Crippen molar-refractivity contribution in [3.05, 3.63) is 12.7 Å². The molecule has 0 fully saturated rings. The van der Waals surface area contributed by atoms with Gasteiger partial charge in [-0.2, -0.15) is 0 Å². The lowest BCUT2D eigenvalue weighted by molar-refractivity contribution is 0.0223. The number of ether oxygens (including phenoxy) is 1. The first-order valence-electron chi connectivity index (χ1n) is 5.65. The molecule has 0 aliphatic heterocycles. The van der Waals surface area contributed by atoms with E-state index in [-0.39, 0.29) is 0 Å². The molecule has 84 valence electrons. The molecule has 0 heterocycles. The number of unbranched alkanes of at least 4 members (excludes halogenated alkanes) is 1. The monoisotopic (exact) mass is 199 g/mol. The smallest absolute Gasteiger partial charge is 0.0722 e. The lowest BCUT2D eigenvalue weighted by Gasteiger charge is -2.21. The SMILES string of the molecule is C=CCCCOC(CNCC)C(C)C. The van der Waals surface area contributed by atoms with Crippen molar-refractivity contribution in [2.75, 3.05) is 19.7 Å². The van der Waals surface area contributed by atoms with Crippen LogP contribution in [0.3, 0.4) is 0 Å². The Labute approximate surface area is 88.7 Å². The fourth-order valence-electron chi connectivity index (χ4n) is 1.24. The number of allylic oxidation sites excluding steroid dienone is 1. The molecule has 0 amide bonds. The van der Waals surface area contributed by atoms with Gasteiger partial charge in [-0.1, -0.05) is 26.8 Å². The molecule has 0 radical (unpaired) electrons. The molecule has 0 bridgehead atoms. The van der Waals surface area contributed by atoms with Crippen LogP contribution in [-0.4, -0.2) is 25.8 Å². The van der Waals surface area contributed by atoms with Crippen molar-refractivity contribution in [1.29, 1.82) is 0 Å². The normalized spacial score (nSPS) is 13.1. The van der Waals surface area contributed by atoms with Crippen LogP contribution in [0.15, 0.2) is 12.7 Å². The molecule has 1 atom stereocenters. The van der Waals surface area contributed by atoms with Gasteiger partial charge in [-0.05, 0) is 25.3 Å². The highest BCUT2D eigenvalue weighted by molar-refractivity contribution is 4.68. The van der Waals surface area contributed by atoms with Gasteiger partial charge >= 0.3 is 0 Å². The average Bonchev–Trinajstić information content (AvgIpc) is 2.16. The highest BCUT2D eigenvalue weighted by atomic mass is 16.5. The second kappa shape index (κ2) is 9.22. The molecule has 0 aliphatic carbocycles.